The van der Waals surface area contributed by atoms with Crippen LogP contribution in [0.25, 0.3) is 11.1 Å². The smallest absolute Gasteiger partial charge is 0.262 e. The molecule has 4 rings (SSSR count). The summed E-state index contributed by atoms with van der Waals surface area (Å²) in [5.41, 5.74) is 2.73. The molecule has 0 saturated carbocycles. The molecule has 0 spiro atoms. The van der Waals surface area contributed by atoms with E-state index in [1.54, 1.807) is 30.3 Å². The molecule has 32 heavy (non-hydrogen) atoms. The van der Waals surface area contributed by atoms with E-state index in [4.69, 9.17) is 27.9 Å². The van der Waals surface area contributed by atoms with E-state index in [0.29, 0.717) is 40.1 Å². The Kier molecular flexibility index (Phi) is 6.60. The number of nitrogens with one attached hydrogen (secondary N) is 1. The van der Waals surface area contributed by atoms with Gasteiger partial charge in [-0.15, -0.1) is 0 Å². The third-order valence-electron chi connectivity index (χ3n) is 5.01. The highest BCUT2D eigenvalue weighted by atomic mass is 35.5. The van der Waals surface area contributed by atoms with Crippen molar-refractivity contribution in [1.82, 2.24) is 0 Å². The number of anilines is 2. The van der Waals surface area contributed by atoms with Gasteiger partial charge in [0.05, 0.1) is 27.2 Å². The fourth-order valence-electron chi connectivity index (χ4n) is 3.45. The number of carbonyl (C=O) groups is 1. The first-order valence-corrected chi connectivity index (χ1v) is 12.3. The van der Waals surface area contributed by atoms with Gasteiger partial charge in [-0.1, -0.05) is 59.6 Å². The largest absolute Gasteiger partial charge is 0.482 e. The van der Waals surface area contributed by atoms with E-state index in [-0.39, 0.29) is 12.4 Å². The summed E-state index contributed by atoms with van der Waals surface area (Å²) in [6.07, 6.45) is 0.560. The van der Waals surface area contributed by atoms with Crippen LogP contribution in [0, 0.1) is 0 Å². The van der Waals surface area contributed by atoms with E-state index in [9.17, 15) is 13.2 Å². The van der Waals surface area contributed by atoms with Gasteiger partial charge in [0.25, 0.3) is 5.91 Å². The Morgan fingerprint density at radius 2 is 1.75 bits per heavy atom. The van der Waals surface area contributed by atoms with Crippen molar-refractivity contribution in [2.24, 2.45) is 0 Å². The van der Waals surface area contributed by atoms with Gasteiger partial charge < -0.3 is 10.1 Å². The van der Waals surface area contributed by atoms with Crippen LogP contribution >= 0.6 is 23.2 Å². The molecule has 166 valence electrons. The number of amides is 1. The predicted molar refractivity (Wildman–Crippen MR) is 128 cm³/mol. The maximum absolute atomic E-state index is 12.4. The van der Waals surface area contributed by atoms with Crippen LogP contribution in [0.15, 0.2) is 66.7 Å². The van der Waals surface area contributed by atoms with E-state index in [2.05, 4.69) is 5.32 Å². The van der Waals surface area contributed by atoms with E-state index >= 15 is 0 Å². The lowest BCUT2D eigenvalue weighted by Crippen LogP contribution is -2.25. The molecule has 3 aromatic carbocycles. The van der Waals surface area contributed by atoms with Gasteiger partial charge in [0.15, 0.2) is 6.61 Å². The lowest BCUT2D eigenvalue weighted by atomic mass is 10.1. The zero-order valence-electron chi connectivity index (χ0n) is 16.9. The van der Waals surface area contributed by atoms with Crippen LogP contribution in [0.3, 0.4) is 0 Å². The van der Waals surface area contributed by atoms with E-state index in [1.165, 1.54) is 4.31 Å². The maximum atomic E-state index is 12.4. The predicted octanol–water partition coefficient (Wildman–Crippen LogP) is 5.22. The standard InChI is InChI=1S/C23H20Cl2N2O4S/c24-19-9-8-18(27-11-4-12-32(27,29)30)14-21(19)26-23(28)15-31-22-10-7-17(13-20(22)25)16-5-2-1-3-6-16/h1-3,5-10,13-14H,4,11-12,15H2,(H,26,28). The average molecular weight is 491 g/mol. The molecular formula is C23H20Cl2N2O4S. The van der Waals surface area contributed by atoms with Gasteiger partial charge in [-0.05, 0) is 47.9 Å². The minimum atomic E-state index is -3.33. The Morgan fingerprint density at radius 3 is 2.44 bits per heavy atom. The minimum absolute atomic E-state index is 0.106. The topological polar surface area (TPSA) is 75.7 Å². The molecule has 6 nitrogen and oxygen atoms in total. The van der Waals surface area contributed by atoms with Crippen LogP contribution in [-0.4, -0.2) is 33.2 Å². The number of halogens is 2. The zero-order valence-corrected chi connectivity index (χ0v) is 19.3. The summed E-state index contributed by atoms with van der Waals surface area (Å²) in [6.45, 7) is 0.116. The molecule has 0 bridgehead atoms. The second kappa shape index (κ2) is 9.40. The molecular weight excluding hydrogens is 471 g/mol. The van der Waals surface area contributed by atoms with Gasteiger partial charge in [0.1, 0.15) is 5.75 Å². The number of nitrogens with zero attached hydrogens (tertiary/aromatic N) is 1. The second-order valence-corrected chi connectivity index (χ2v) is 10.1. The third kappa shape index (κ3) is 5.01. The van der Waals surface area contributed by atoms with Gasteiger partial charge in [0.2, 0.25) is 10.0 Å². The maximum Gasteiger partial charge on any atom is 0.262 e. The van der Waals surface area contributed by atoms with E-state index in [0.717, 1.165) is 11.1 Å². The summed E-state index contributed by atoms with van der Waals surface area (Å²) in [4.78, 5) is 12.4. The fourth-order valence-corrected chi connectivity index (χ4v) is 5.41. The second-order valence-electron chi connectivity index (χ2n) is 7.25. The van der Waals surface area contributed by atoms with Gasteiger partial charge in [0, 0.05) is 6.54 Å². The Labute approximate surface area is 196 Å². The lowest BCUT2D eigenvalue weighted by Gasteiger charge is -2.18. The summed E-state index contributed by atoms with van der Waals surface area (Å²) >= 11 is 12.5. The van der Waals surface area contributed by atoms with Crippen LogP contribution in [-0.2, 0) is 14.8 Å². The summed E-state index contributed by atoms with van der Waals surface area (Å²) in [5.74, 6) is 0.0376. The first-order valence-electron chi connectivity index (χ1n) is 9.91. The number of benzene rings is 3. The molecule has 1 saturated heterocycles. The molecule has 1 heterocycles. The number of hydrogen-bond donors (Lipinski definition) is 1. The minimum Gasteiger partial charge on any atom is -0.482 e. The highest BCUT2D eigenvalue weighted by Crippen LogP contribution is 2.32. The number of rotatable bonds is 6. The molecule has 0 aromatic heterocycles. The Morgan fingerprint density at radius 1 is 0.969 bits per heavy atom. The molecule has 1 aliphatic rings. The normalized spacial score (nSPS) is 14.9. The van der Waals surface area contributed by atoms with E-state index < -0.39 is 15.9 Å². The SMILES string of the molecule is O=C(COc1ccc(-c2ccccc2)cc1Cl)Nc1cc(N2CCCS2(=O)=O)ccc1Cl. The first-order chi connectivity index (χ1) is 15.3. The van der Waals surface area contributed by atoms with Crippen LogP contribution in [0.2, 0.25) is 10.0 Å². The van der Waals surface area contributed by atoms with Gasteiger partial charge in [-0.2, -0.15) is 0 Å². The highest BCUT2D eigenvalue weighted by Gasteiger charge is 2.28. The molecule has 0 aliphatic carbocycles. The quantitative estimate of drug-likeness (QED) is 0.513. The average Bonchev–Trinajstić information content (AvgIpc) is 3.14. The lowest BCUT2D eigenvalue weighted by molar-refractivity contribution is -0.118. The van der Waals surface area contributed by atoms with Crippen molar-refractivity contribution in [3.05, 3.63) is 76.8 Å². The molecule has 1 amide bonds. The van der Waals surface area contributed by atoms with Crippen molar-refractivity contribution in [1.29, 1.82) is 0 Å². The van der Waals surface area contributed by atoms with Crippen LogP contribution in [0.4, 0.5) is 11.4 Å². The van der Waals surface area contributed by atoms with Gasteiger partial charge in [-0.25, -0.2) is 8.42 Å². The fraction of sp³-hybridized carbons (Fsp3) is 0.174. The molecule has 1 aliphatic heterocycles. The number of hydrogen-bond acceptors (Lipinski definition) is 4. The third-order valence-corrected chi connectivity index (χ3v) is 7.50. The summed E-state index contributed by atoms with van der Waals surface area (Å²) < 4.78 is 31.2. The molecule has 0 unspecified atom stereocenters. The number of sulfonamides is 1. The molecule has 0 atom stereocenters. The molecule has 3 aromatic rings. The van der Waals surface area contributed by atoms with Crippen LogP contribution in [0.1, 0.15) is 6.42 Å². The zero-order chi connectivity index (χ0) is 22.7. The van der Waals surface area contributed by atoms with Crippen LogP contribution < -0.4 is 14.4 Å². The number of ether oxygens (including phenoxy) is 1. The number of carbonyl (C=O) groups excluding carboxylic acids is 1. The first kappa shape index (κ1) is 22.5. The van der Waals surface area contributed by atoms with E-state index in [1.807, 2.05) is 36.4 Å². The van der Waals surface area contributed by atoms with Crippen molar-refractivity contribution in [3.8, 4) is 16.9 Å². The molecule has 9 heteroatoms. The Bertz CT molecular complexity index is 1250. The van der Waals surface area contributed by atoms with Crippen molar-refractivity contribution in [2.45, 2.75) is 6.42 Å². The van der Waals surface area contributed by atoms with Crippen LogP contribution in [0.5, 0.6) is 5.75 Å². The van der Waals surface area contributed by atoms with Crippen molar-refractivity contribution >= 4 is 50.5 Å². The monoisotopic (exact) mass is 490 g/mol. The van der Waals surface area contributed by atoms with Crippen molar-refractivity contribution in [2.75, 3.05) is 28.5 Å². The summed E-state index contributed by atoms with van der Waals surface area (Å²) in [5, 5.41) is 3.35. The van der Waals surface area contributed by atoms with Crippen molar-refractivity contribution < 1.29 is 17.9 Å². The Balaban J connectivity index is 1.42. The van der Waals surface area contributed by atoms with Gasteiger partial charge >= 0.3 is 0 Å². The molecule has 1 fully saturated rings. The highest BCUT2D eigenvalue weighted by molar-refractivity contribution is 7.93. The molecule has 0 radical (unpaired) electrons. The summed E-state index contributed by atoms with van der Waals surface area (Å²) in [6, 6.07) is 19.9. The Hall–Kier alpha value is -2.74. The van der Waals surface area contributed by atoms with Crippen molar-refractivity contribution in [3.63, 3.8) is 0 Å². The van der Waals surface area contributed by atoms with Gasteiger partial charge in [-0.3, -0.25) is 9.10 Å². The summed E-state index contributed by atoms with van der Waals surface area (Å²) in [7, 11) is -3.33. The molecule has 1 N–H and O–H groups in total.